The Morgan fingerprint density at radius 3 is 2.55 bits per heavy atom. The van der Waals surface area contributed by atoms with Crippen molar-refractivity contribution < 1.29 is 9.16 Å². The van der Waals surface area contributed by atoms with Crippen LogP contribution in [0.3, 0.4) is 0 Å². The molecule has 0 amide bonds. The number of ether oxygens (including phenoxy) is 1. The summed E-state index contributed by atoms with van der Waals surface area (Å²) >= 11 is -0.230. The van der Waals surface area contributed by atoms with Crippen molar-refractivity contribution in [3.8, 4) is 5.75 Å². The van der Waals surface area contributed by atoms with Crippen molar-refractivity contribution in [2.75, 3.05) is 7.11 Å². The Morgan fingerprint density at radius 2 is 1.95 bits per heavy atom. The van der Waals surface area contributed by atoms with Gasteiger partial charge in [-0.25, -0.2) is 0 Å². The van der Waals surface area contributed by atoms with Crippen LogP contribution < -0.4 is 4.74 Å². The molecule has 0 N–H and O–H groups in total. The number of para-hydroxylation sites is 1. The van der Waals surface area contributed by atoms with E-state index in [0.717, 1.165) is 11.3 Å². The number of methoxy groups -OCH3 is 1. The molecule has 0 saturated heterocycles. The molecule has 0 unspecified atom stereocenters. The molecule has 1 rings (SSSR count). The zero-order valence-corrected chi connectivity index (χ0v) is 16.6. The summed E-state index contributed by atoms with van der Waals surface area (Å²) in [5.41, 5.74) is 1.13. The van der Waals surface area contributed by atoms with E-state index in [1.165, 1.54) is 21.1 Å². The monoisotopic (exact) mass is 408 g/mol. The topological polar surface area (TPSA) is 18.5 Å². The van der Waals surface area contributed by atoms with E-state index in [-0.39, 0.29) is 20.9 Å². The summed E-state index contributed by atoms with van der Waals surface area (Å²) < 4.78 is 14.3. The van der Waals surface area contributed by atoms with E-state index >= 15 is 0 Å². The second-order valence-corrected chi connectivity index (χ2v) is 13.2. The number of hydrogen-bond acceptors (Lipinski definition) is 2. The molecular weight excluding hydrogens is 380 g/mol. The van der Waals surface area contributed by atoms with E-state index in [1.807, 2.05) is 18.2 Å². The van der Waals surface area contributed by atoms with E-state index < -0.39 is 8.32 Å². The molecule has 0 aliphatic heterocycles. The van der Waals surface area contributed by atoms with Gasteiger partial charge in [0.1, 0.15) is 0 Å². The number of unbranched alkanes of at least 4 members (excludes halogenated alkanes) is 1. The summed E-state index contributed by atoms with van der Waals surface area (Å²) in [5.74, 6) is 0.923. The molecule has 2 nitrogen and oxygen atoms in total. The molecule has 0 saturated carbocycles. The average Bonchev–Trinajstić information content (AvgIpc) is 2.37. The first-order valence-electron chi connectivity index (χ1n) is 7.13. The molecule has 20 heavy (non-hydrogen) atoms. The van der Waals surface area contributed by atoms with Crippen molar-refractivity contribution in [3.63, 3.8) is 0 Å². The third-order valence-corrected chi connectivity index (χ3v) is 6.64. The Labute approximate surface area is 134 Å². The third-order valence-electron chi connectivity index (χ3n) is 2.56. The number of benzene rings is 1. The average molecular weight is 406 g/mol. The van der Waals surface area contributed by atoms with Crippen LogP contribution in [-0.4, -0.2) is 36.4 Å². The number of rotatable bonds is 8. The first-order valence-corrected chi connectivity index (χ1v) is 13.3. The van der Waals surface area contributed by atoms with Crippen molar-refractivity contribution in [2.24, 2.45) is 0 Å². The zero-order chi connectivity index (χ0) is 15.0. The van der Waals surface area contributed by atoms with E-state index in [9.17, 15) is 0 Å². The molecule has 0 aliphatic carbocycles. The van der Waals surface area contributed by atoms with Crippen LogP contribution >= 0.6 is 0 Å². The first-order chi connectivity index (χ1) is 9.46. The molecule has 0 fully saturated rings. The van der Waals surface area contributed by atoms with Crippen molar-refractivity contribution >= 4 is 35.3 Å². The summed E-state index contributed by atoms with van der Waals surface area (Å²) in [6.45, 7) is 8.98. The van der Waals surface area contributed by atoms with Gasteiger partial charge < -0.3 is 0 Å². The molecule has 0 aromatic heterocycles. The Morgan fingerprint density at radius 1 is 1.25 bits per heavy atom. The molecule has 0 radical (unpaired) electrons. The maximum absolute atomic E-state index is 6.29. The molecule has 0 atom stereocenters. The Bertz CT molecular complexity index is 438. The van der Waals surface area contributed by atoms with Gasteiger partial charge in [0.25, 0.3) is 0 Å². The van der Waals surface area contributed by atoms with Crippen molar-refractivity contribution in [3.05, 3.63) is 33.6 Å². The molecule has 4 heteroatoms. The van der Waals surface area contributed by atoms with E-state index in [4.69, 9.17) is 9.16 Å². The second kappa shape index (κ2) is 8.77. The van der Waals surface area contributed by atoms with Crippen LogP contribution in [0.1, 0.15) is 25.3 Å². The maximum atomic E-state index is 6.29. The predicted octanol–water partition coefficient (Wildman–Crippen LogP) is 4.77. The van der Waals surface area contributed by atoms with Gasteiger partial charge in [0.05, 0.1) is 0 Å². The van der Waals surface area contributed by atoms with Crippen LogP contribution in [0.15, 0.2) is 28.1 Å². The molecule has 1 aromatic carbocycles. The Kier molecular flexibility index (Phi) is 7.72. The van der Waals surface area contributed by atoms with Crippen LogP contribution in [0.5, 0.6) is 5.75 Å². The minimum atomic E-state index is -1.54. The summed E-state index contributed by atoms with van der Waals surface area (Å²) in [5, 5.41) is 0. The van der Waals surface area contributed by atoms with E-state index in [1.54, 1.807) is 7.11 Å². The fraction of sp³-hybridized carbons (Fsp3) is 0.500. The van der Waals surface area contributed by atoms with E-state index in [0.29, 0.717) is 0 Å². The quantitative estimate of drug-likeness (QED) is 0.352. The molecular formula is C16H26O2SiTe. The molecule has 112 valence electrons. The zero-order valence-electron chi connectivity index (χ0n) is 13.2. The van der Waals surface area contributed by atoms with Gasteiger partial charge in [0, 0.05) is 0 Å². The second-order valence-electron chi connectivity index (χ2n) is 5.62. The van der Waals surface area contributed by atoms with Crippen LogP contribution in [0.25, 0.3) is 6.08 Å². The standard InChI is InChI=1S/C16H26O2SiTe/c1-6-7-12-20-16(18-19(3,4)5)13-14-10-8-9-11-15(14)17-2/h8-11,13H,6-7,12H2,1-5H3/b16-13-. The van der Waals surface area contributed by atoms with Crippen molar-refractivity contribution in [2.45, 2.75) is 43.9 Å². The van der Waals surface area contributed by atoms with Gasteiger partial charge in [-0.3, -0.25) is 0 Å². The summed E-state index contributed by atoms with van der Waals surface area (Å²) in [4.78, 5) is 0. The van der Waals surface area contributed by atoms with Gasteiger partial charge in [-0.1, -0.05) is 0 Å². The van der Waals surface area contributed by atoms with Gasteiger partial charge in [-0.05, 0) is 0 Å². The summed E-state index contributed by atoms with van der Waals surface area (Å²) in [6, 6.07) is 8.15. The van der Waals surface area contributed by atoms with Gasteiger partial charge in [0.2, 0.25) is 0 Å². The molecule has 0 heterocycles. The summed E-state index contributed by atoms with van der Waals surface area (Å²) in [7, 11) is 0.183. The van der Waals surface area contributed by atoms with Crippen LogP contribution in [-0.2, 0) is 4.43 Å². The molecule has 0 bridgehead atoms. The van der Waals surface area contributed by atoms with E-state index in [2.05, 4.69) is 38.7 Å². The van der Waals surface area contributed by atoms with Gasteiger partial charge >= 0.3 is 135 Å². The fourth-order valence-electron chi connectivity index (χ4n) is 1.63. The fourth-order valence-corrected chi connectivity index (χ4v) is 7.41. The summed E-state index contributed by atoms with van der Waals surface area (Å²) in [6.07, 6.45) is 4.77. The predicted molar refractivity (Wildman–Crippen MR) is 90.9 cm³/mol. The van der Waals surface area contributed by atoms with Gasteiger partial charge in [-0.15, -0.1) is 0 Å². The van der Waals surface area contributed by atoms with Crippen molar-refractivity contribution in [1.82, 2.24) is 0 Å². The van der Waals surface area contributed by atoms with Crippen LogP contribution in [0.2, 0.25) is 24.1 Å². The molecule has 0 aliphatic rings. The normalized spacial score (nSPS) is 12.3. The Balaban J connectivity index is 2.92. The Hall–Kier alpha value is -0.434. The van der Waals surface area contributed by atoms with Gasteiger partial charge in [0.15, 0.2) is 0 Å². The van der Waals surface area contributed by atoms with Crippen LogP contribution in [0.4, 0.5) is 0 Å². The van der Waals surface area contributed by atoms with Crippen LogP contribution in [0, 0.1) is 0 Å². The third kappa shape index (κ3) is 6.83. The minimum absolute atomic E-state index is 0.230. The van der Waals surface area contributed by atoms with Crippen molar-refractivity contribution in [1.29, 1.82) is 0 Å². The van der Waals surface area contributed by atoms with Gasteiger partial charge in [-0.2, -0.15) is 0 Å². The first kappa shape index (κ1) is 17.6. The number of hydrogen-bond donors (Lipinski definition) is 0. The molecule has 1 aromatic rings. The molecule has 0 spiro atoms. The SMILES string of the molecule is CCCC[Te]/C(=C\c1ccccc1OC)O[Si](C)(C)C.